The van der Waals surface area contributed by atoms with Crippen molar-refractivity contribution in [2.45, 2.75) is 13.0 Å². The fraction of sp³-hybridized carbons (Fsp3) is 0.462. The lowest BCUT2D eigenvalue weighted by atomic mass is 10.1. The van der Waals surface area contributed by atoms with Crippen LogP contribution in [0.1, 0.15) is 17.3 Å². The molecule has 0 radical (unpaired) electrons. The molecule has 0 aliphatic heterocycles. The summed E-state index contributed by atoms with van der Waals surface area (Å²) >= 11 is 0. The third-order valence-corrected chi connectivity index (χ3v) is 2.99. The number of hydrogen-bond acceptors (Lipinski definition) is 4. The average molecular weight is 251 g/mol. The molecule has 0 saturated heterocycles. The van der Waals surface area contributed by atoms with E-state index in [9.17, 15) is 4.79 Å². The first kappa shape index (κ1) is 14.3. The summed E-state index contributed by atoms with van der Waals surface area (Å²) in [6.45, 7) is 1.92. The molecule has 5 heteroatoms. The van der Waals surface area contributed by atoms with E-state index in [0.29, 0.717) is 11.3 Å². The summed E-state index contributed by atoms with van der Waals surface area (Å²) in [5.74, 6) is -0.0682. The second-order valence-corrected chi connectivity index (χ2v) is 4.62. The van der Waals surface area contributed by atoms with Gasteiger partial charge in [-0.3, -0.25) is 4.79 Å². The number of nitrogens with zero attached hydrogens (tertiary/aromatic N) is 2. The highest BCUT2D eigenvalue weighted by Crippen LogP contribution is 2.25. The maximum absolute atomic E-state index is 11.9. The van der Waals surface area contributed by atoms with E-state index in [1.54, 1.807) is 32.3 Å². The number of hydrogen-bond donors (Lipinski definition) is 2. The van der Waals surface area contributed by atoms with E-state index < -0.39 is 0 Å². The molecule has 100 valence electrons. The third-order valence-electron chi connectivity index (χ3n) is 2.99. The molecule has 1 aromatic rings. The maximum atomic E-state index is 11.9. The Morgan fingerprint density at radius 2 is 2.00 bits per heavy atom. The van der Waals surface area contributed by atoms with Crippen LogP contribution in [0.4, 0.5) is 11.4 Å². The molecule has 0 fully saturated rings. The largest absolute Gasteiger partial charge is 0.397 e. The molecular weight excluding hydrogens is 230 g/mol. The van der Waals surface area contributed by atoms with Crippen LogP contribution in [0.5, 0.6) is 0 Å². The average Bonchev–Trinajstić information content (AvgIpc) is 2.36. The molecule has 1 unspecified atom stereocenters. The highest BCUT2D eigenvalue weighted by atomic mass is 16.3. The minimum absolute atomic E-state index is 0.0296. The van der Waals surface area contributed by atoms with Gasteiger partial charge in [-0.2, -0.15) is 0 Å². The Labute approximate surface area is 108 Å². The summed E-state index contributed by atoms with van der Waals surface area (Å²) in [6, 6.07) is 5.12. The van der Waals surface area contributed by atoms with Crippen molar-refractivity contribution in [3.8, 4) is 0 Å². The minimum Gasteiger partial charge on any atom is -0.397 e. The fourth-order valence-corrected chi connectivity index (χ4v) is 1.60. The van der Waals surface area contributed by atoms with E-state index >= 15 is 0 Å². The Hall–Kier alpha value is -1.75. The Morgan fingerprint density at radius 1 is 1.39 bits per heavy atom. The number of rotatable bonds is 4. The van der Waals surface area contributed by atoms with Crippen molar-refractivity contribution in [2.75, 3.05) is 38.4 Å². The lowest BCUT2D eigenvalue weighted by molar-refractivity contribution is 0.0827. The predicted molar refractivity (Wildman–Crippen MR) is 73.8 cm³/mol. The molecule has 0 saturated carbocycles. The zero-order chi connectivity index (χ0) is 13.9. The zero-order valence-electron chi connectivity index (χ0n) is 11.3. The molecule has 0 aliphatic carbocycles. The van der Waals surface area contributed by atoms with Gasteiger partial charge in [-0.05, 0) is 25.1 Å². The number of carbonyl (C=O) groups excluding carboxylic acids is 1. The monoisotopic (exact) mass is 251 g/mol. The van der Waals surface area contributed by atoms with Crippen LogP contribution in [0, 0.1) is 0 Å². The predicted octanol–water partition coefficient (Wildman–Crippen LogP) is 0.788. The number of carbonyl (C=O) groups is 1. The van der Waals surface area contributed by atoms with E-state index in [4.69, 9.17) is 10.8 Å². The maximum Gasteiger partial charge on any atom is 0.253 e. The SMILES string of the molecule is CC(CO)N(C)c1cc(C(=O)N(C)C)ccc1N. The normalized spacial score (nSPS) is 12.1. The first-order valence-electron chi connectivity index (χ1n) is 5.83. The zero-order valence-corrected chi connectivity index (χ0v) is 11.3. The van der Waals surface area contributed by atoms with Crippen LogP contribution in [-0.2, 0) is 0 Å². The van der Waals surface area contributed by atoms with Crippen molar-refractivity contribution in [3.63, 3.8) is 0 Å². The van der Waals surface area contributed by atoms with Gasteiger partial charge in [-0.25, -0.2) is 0 Å². The quantitative estimate of drug-likeness (QED) is 0.776. The van der Waals surface area contributed by atoms with Crippen LogP contribution in [0.15, 0.2) is 18.2 Å². The number of amides is 1. The van der Waals surface area contributed by atoms with E-state index in [1.165, 1.54) is 4.90 Å². The summed E-state index contributed by atoms with van der Waals surface area (Å²) in [5, 5.41) is 9.17. The Balaban J connectivity index is 3.12. The molecule has 1 amide bonds. The van der Waals surface area contributed by atoms with Crippen LogP contribution in [-0.4, -0.2) is 49.7 Å². The lowest BCUT2D eigenvalue weighted by Crippen LogP contribution is -2.32. The van der Waals surface area contributed by atoms with Crippen molar-refractivity contribution in [1.29, 1.82) is 0 Å². The van der Waals surface area contributed by atoms with Crippen molar-refractivity contribution in [2.24, 2.45) is 0 Å². The second kappa shape index (κ2) is 5.73. The number of likely N-dealkylation sites (N-methyl/N-ethyl adjacent to an activating group) is 1. The Bertz CT molecular complexity index is 432. The van der Waals surface area contributed by atoms with Gasteiger partial charge >= 0.3 is 0 Å². The molecule has 5 nitrogen and oxygen atoms in total. The molecule has 1 aromatic carbocycles. The molecule has 18 heavy (non-hydrogen) atoms. The standard InChI is InChI=1S/C13H21N3O2/c1-9(8-17)16(4)12-7-10(5-6-11(12)14)13(18)15(2)3/h5-7,9,17H,8,14H2,1-4H3. The molecular formula is C13H21N3O2. The van der Waals surface area contributed by atoms with Gasteiger partial charge in [-0.15, -0.1) is 0 Å². The summed E-state index contributed by atoms with van der Waals surface area (Å²) in [7, 11) is 5.26. The fourth-order valence-electron chi connectivity index (χ4n) is 1.60. The number of anilines is 2. The number of nitrogens with two attached hydrogens (primary N) is 1. The molecule has 0 aliphatic rings. The number of aliphatic hydroxyl groups excluding tert-OH is 1. The minimum atomic E-state index is -0.0682. The van der Waals surface area contributed by atoms with Gasteiger partial charge in [0, 0.05) is 32.7 Å². The van der Waals surface area contributed by atoms with Crippen molar-refractivity contribution >= 4 is 17.3 Å². The molecule has 1 rings (SSSR count). The molecule has 0 bridgehead atoms. The highest BCUT2D eigenvalue weighted by molar-refractivity contribution is 5.96. The molecule has 0 aromatic heterocycles. The first-order valence-corrected chi connectivity index (χ1v) is 5.83. The van der Waals surface area contributed by atoms with E-state index in [1.807, 2.05) is 18.9 Å². The summed E-state index contributed by atoms with van der Waals surface area (Å²) in [4.78, 5) is 15.3. The smallest absolute Gasteiger partial charge is 0.253 e. The van der Waals surface area contributed by atoms with Crippen molar-refractivity contribution in [1.82, 2.24) is 4.90 Å². The highest BCUT2D eigenvalue weighted by Gasteiger charge is 2.15. The van der Waals surface area contributed by atoms with Crippen LogP contribution in [0.25, 0.3) is 0 Å². The molecule has 0 heterocycles. The Morgan fingerprint density at radius 3 is 2.50 bits per heavy atom. The van der Waals surface area contributed by atoms with E-state index in [-0.39, 0.29) is 18.6 Å². The summed E-state index contributed by atoms with van der Waals surface area (Å²) in [5.41, 5.74) is 7.84. The van der Waals surface area contributed by atoms with Gasteiger partial charge in [0.1, 0.15) is 0 Å². The number of nitrogen functional groups attached to an aromatic ring is 1. The molecule has 0 spiro atoms. The van der Waals surface area contributed by atoms with Crippen LogP contribution >= 0.6 is 0 Å². The number of aliphatic hydroxyl groups is 1. The van der Waals surface area contributed by atoms with Crippen LogP contribution < -0.4 is 10.6 Å². The first-order chi connectivity index (χ1) is 8.38. The number of benzene rings is 1. The Kier molecular flexibility index (Phi) is 4.55. The summed E-state index contributed by atoms with van der Waals surface area (Å²) < 4.78 is 0. The van der Waals surface area contributed by atoms with Crippen LogP contribution in [0.3, 0.4) is 0 Å². The third kappa shape index (κ3) is 2.92. The van der Waals surface area contributed by atoms with Gasteiger partial charge in [0.2, 0.25) is 0 Å². The molecule has 1 atom stereocenters. The lowest BCUT2D eigenvalue weighted by Gasteiger charge is -2.27. The topological polar surface area (TPSA) is 69.8 Å². The summed E-state index contributed by atoms with van der Waals surface area (Å²) in [6.07, 6.45) is 0. The van der Waals surface area contributed by atoms with Crippen molar-refractivity contribution < 1.29 is 9.90 Å². The van der Waals surface area contributed by atoms with Crippen LogP contribution in [0.2, 0.25) is 0 Å². The second-order valence-electron chi connectivity index (χ2n) is 4.62. The van der Waals surface area contributed by atoms with Gasteiger partial charge in [-0.1, -0.05) is 0 Å². The van der Waals surface area contributed by atoms with Gasteiger partial charge in [0.05, 0.1) is 18.0 Å². The van der Waals surface area contributed by atoms with Crippen molar-refractivity contribution in [3.05, 3.63) is 23.8 Å². The van der Waals surface area contributed by atoms with Gasteiger partial charge < -0.3 is 20.6 Å². The van der Waals surface area contributed by atoms with Gasteiger partial charge in [0.15, 0.2) is 0 Å². The van der Waals surface area contributed by atoms with E-state index in [2.05, 4.69) is 0 Å². The van der Waals surface area contributed by atoms with Gasteiger partial charge in [0.25, 0.3) is 5.91 Å². The molecule has 3 N–H and O–H groups in total. The van der Waals surface area contributed by atoms with E-state index in [0.717, 1.165) is 5.69 Å².